The predicted molar refractivity (Wildman–Crippen MR) is 55.1 cm³/mol. The molecule has 72 valence electrons. The molecule has 3 heteroatoms. The lowest BCUT2D eigenvalue weighted by Gasteiger charge is -1.99. The van der Waals surface area contributed by atoms with Crippen LogP contribution >= 0.6 is 0 Å². The Balaban J connectivity index is 2.49. The number of fused-ring (bicyclic) bond motifs is 1. The van der Waals surface area contributed by atoms with Crippen molar-refractivity contribution in [3.8, 4) is 0 Å². The third-order valence-corrected chi connectivity index (χ3v) is 2.24. The molecule has 0 saturated carbocycles. The van der Waals surface area contributed by atoms with Crippen molar-refractivity contribution in [2.45, 2.75) is 13.3 Å². The quantitative estimate of drug-likeness (QED) is 0.719. The molecule has 0 saturated heterocycles. The monoisotopic (exact) mass is 188 g/mol. The first-order valence-corrected chi connectivity index (χ1v) is 4.56. The van der Waals surface area contributed by atoms with Gasteiger partial charge in [0.1, 0.15) is 5.78 Å². The van der Waals surface area contributed by atoms with E-state index in [1.54, 1.807) is 13.1 Å². The van der Waals surface area contributed by atoms with Crippen LogP contribution < -0.4 is 0 Å². The average molecular weight is 188 g/mol. The maximum atomic E-state index is 10.9. The number of pyridine rings is 1. The minimum absolute atomic E-state index is 0.167. The summed E-state index contributed by atoms with van der Waals surface area (Å²) in [6, 6.07) is 3.98. The van der Waals surface area contributed by atoms with Crippen molar-refractivity contribution >= 4 is 16.8 Å². The van der Waals surface area contributed by atoms with Crippen molar-refractivity contribution in [1.82, 2.24) is 9.55 Å². The number of nitrogens with zero attached hydrogens (tertiary/aromatic N) is 2. The third kappa shape index (κ3) is 1.53. The van der Waals surface area contributed by atoms with Gasteiger partial charge in [-0.3, -0.25) is 9.78 Å². The van der Waals surface area contributed by atoms with Gasteiger partial charge in [-0.1, -0.05) is 0 Å². The highest BCUT2D eigenvalue weighted by atomic mass is 16.1. The lowest BCUT2D eigenvalue weighted by Crippen LogP contribution is -1.97. The Bertz CT molecular complexity index is 485. The Hall–Kier alpha value is -1.64. The van der Waals surface area contributed by atoms with E-state index in [0.29, 0.717) is 6.42 Å². The third-order valence-electron chi connectivity index (χ3n) is 2.24. The van der Waals surface area contributed by atoms with Crippen molar-refractivity contribution < 1.29 is 4.79 Å². The summed E-state index contributed by atoms with van der Waals surface area (Å²) < 4.78 is 2.01. The highest BCUT2D eigenvalue weighted by Crippen LogP contribution is 2.13. The van der Waals surface area contributed by atoms with Gasteiger partial charge in [-0.05, 0) is 24.6 Å². The van der Waals surface area contributed by atoms with Crippen molar-refractivity contribution in [1.29, 1.82) is 0 Å². The normalized spacial score (nSPS) is 10.7. The van der Waals surface area contributed by atoms with Crippen LogP contribution in [0.2, 0.25) is 0 Å². The van der Waals surface area contributed by atoms with E-state index in [9.17, 15) is 4.79 Å². The topological polar surface area (TPSA) is 34.9 Å². The lowest BCUT2D eigenvalue weighted by atomic mass is 10.1. The first kappa shape index (κ1) is 8.94. The van der Waals surface area contributed by atoms with Gasteiger partial charge in [-0.2, -0.15) is 0 Å². The molecular weight excluding hydrogens is 176 g/mol. The number of hydrogen-bond acceptors (Lipinski definition) is 2. The van der Waals surface area contributed by atoms with E-state index in [1.807, 2.05) is 29.9 Å². The summed E-state index contributed by atoms with van der Waals surface area (Å²) in [5.41, 5.74) is 3.02. The van der Waals surface area contributed by atoms with Crippen LogP contribution in [0.25, 0.3) is 11.0 Å². The lowest BCUT2D eigenvalue weighted by molar-refractivity contribution is -0.116. The highest BCUT2D eigenvalue weighted by molar-refractivity contribution is 5.81. The molecule has 2 rings (SSSR count). The fourth-order valence-electron chi connectivity index (χ4n) is 1.56. The maximum Gasteiger partial charge on any atom is 0.134 e. The summed E-state index contributed by atoms with van der Waals surface area (Å²) in [5.74, 6) is 0.167. The number of ketones is 1. The van der Waals surface area contributed by atoms with Crippen molar-refractivity contribution in [2.75, 3.05) is 0 Å². The van der Waals surface area contributed by atoms with Gasteiger partial charge >= 0.3 is 0 Å². The molecule has 0 aliphatic rings. The Morgan fingerprint density at radius 2 is 2.36 bits per heavy atom. The molecule has 0 spiro atoms. The van der Waals surface area contributed by atoms with Crippen LogP contribution in [-0.4, -0.2) is 15.3 Å². The standard InChI is InChI=1S/C11H12N2O/c1-8(14)5-9-6-11-10(12-7-9)3-4-13(11)2/h3-4,6-7H,5H2,1-2H3. The molecule has 0 bridgehead atoms. The molecule has 0 N–H and O–H groups in total. The van der Waals surface area contributed by atoms with E-state index in [1.165, 1.54) is 0 Å². The summed E-state index contributed by atoms with van der Waals surface area (Å²) in [5, 5.41) is 0. The van der Waals surface area contributed by atoms with Crippen LogP contribution in [0.5, 0.6) is 0 Å². The minimum atomic E-state index is 0.167. The number of carbonyl (C=O) groups excluding carboxylic acids is 1. The smallest absolute Gasteiger partial charge is 0.134 e. The number of rotatable bonds is 2. The molecule has 14 heavy (non-hydrogen) atoms. The summed E-state index contributed by atoms with van der Waals surface area (Å²) >= 11 is 0. The summed E-state index contributed by atoms with van der Waals surface area (Å²) in [4.78, 5) is 15.2. The van der Waals surface area contributed by atoms with Crippen LogP contribution in [0.15, 0.2) is 24.5 Å². The summed E-state index contributed by atoms with van der Waals surface area (Å²) in [7, 11) is 1.97. The first-order valence-electron chi connectivity index (χ1n) is 4.56. The molecule has 3 nitrogen and oxygen atoms in total. The molecule has 2 aromatic rings. The molecule has 2 heterocycles. The molecule has 0 aliphatic heterocycles. The molecule has 2 aromatic heterocycles. The number of aryl methyl sites for hydroxylation is 1. The highest BCUT2D eigenvalue weighted by Gasteiger charge is 2.02. The second-order valence-electron chi connectivity index (χ2n) is 3.55. The van der Waals surface area contributed by atoms with E-state index in [0.717, 1.165) is 16.6 Å². The van der Waals surface area contributed by atoms with Gasteiger partial charge < -0.3 is 4.57 Å². The fourth-order valence-corrected chi connectivity index (χ4v) is 1.56. The number of Topliss-reactive ketones (excluding diaryl/α,β-unsaturated/α-hetero) is 1. The maximum absolute atomic E-state index is 10.9. The second-order valence-corrected chi connectivity index (χ2v) is 3.55. The van der Waals surface area contributed by atoms with Crippen LogP contribution in [0.3, 0.4) is 0 Å². The Morgan fingerprint density at radius 3 is 3.07 bits per heavy atom. The molecular formula is C11H12N2O. The molecule has 0 fully saturated rings. The van der Waals surface area contributed by atoms with Gasteiger partial charge in [0, 0.05) is 25.9 Å². The van der Waals surface area contributed by atoms with Crippen LogP contribution in [0, 0.1) is 0 Å². The number of carbonyl (C=O) groups is 1. The second kappa shape index (κ2) is 3.25. The van der Waals surface area contributed by atoms with Gasteiger partial charge in [-0.15, -0.1) is 0 Å². The van der Waals surface area contributed by atoms with E-state index in [4.69, 9.17) is 0 Å². The van der Waals surface area contributed by atoms with Gasteiger partial charge in [-0.25, -0.2) is 0 Å². The summed E-state index contributed by atoms with van der Waals surface area (Å²) in [6.45, 7) is 1.59. The van der Waals surface area contributed by atoms with E-state index >= 15 is 0 Å². The van der Waals surface area contributed by atoms with E-state index < -0.39 is 0 Å². The van der Waals surface area contributed by atoms with Gasteiger partial charge in [0.2, 0.25) is 0 Å². The Kier molecular flexibility index (Phi) is 2.08. The Labute approximate surface area is 82.4 Å². The van der Waals surface area contributed by atoms with Crippen molar-refractivity contribution in [3.63, 3.8) is 0 Å². The van der Waals surface area contributed by atoms with Crippen molar-refractivity contribution in [3.05, 3.63) is 30.1 Å². The molecule has 0 amide bonds. The van der Waals surface area contributed by atoms with E-state index in [-0.39, 0.29) is 5.78 Å². The minimum Gasteiger partial charge on any atom is -0.349 e. The zero-order valence-corrected chi connectivity index (χ0v) is 8.32. The van der Waals surface area contributed by atoms with Crippen molar-refractivity contribution in [2.24, 2.45) is 7.05 Å². The van der Waals surface area contributed by atoms with Gasteiger partial charge in [0.25, 0.3) is 0 Å². The van der Waals surface area contributed by atoms with Crippen LogP contribution in [0.1, 0.15) is 12.5 Å². The predicted octanol–water partition coefficient (Wildman–Crippen LogP) is 1.70. The van der Waals surface area contributed by atoms with Gasteiger partial charge in [0.15, 0.2) is 0 Å². The zero-order chi connectivity index (χ0) is 10.1. The molecule has 0 aromatic carbocycles. The zero-order valence-electron chi connectivity index (χ0n) is 8.32. The molecule has 0 unspecified atom stereocenters. The molecule has 0 aliphatic carbocycles. The van der Waals surface area contributed by atoms with Gasteiger partial charge in [0.05, 0.1) is 11.0 Å². The largest absolute Gasteiger partial charge is 0.349 e. The number of aromatic nitrogens is 2. The fraction of sp³-hybridized carbons (Fsp3) is 0.273. The SMILES string of the molecule is CC(=O)Cc1cnc2ccn(C)c2c1. The van der Waals surface area contributed by atoms with Crippen LogP contribution in [-0.2, 0) is 18.3 Å². The average Bonchev–Trinajstić information content (AvgIpc) is 2.47. The van der Waals surface area contributed by atoms with E-state index in [2.05, 4.69) is 4.98 Å². The van der Waals surface area contributed by atoms with Crippen LogP contribution in [0.4, 0.5) is 0 Å². The first-order chi connectivity index (χ1) is 6.66. The molecule has 0 radical (unpaired) electrons. The number of hydrogen-bond donors (Lipinski definition) is 0. The molecule has 0 atom stereocenters. The Morgan fingerprint density at radius 1 is 1.57 bits per heavy atom. The summed E-state index contributed by atoms with van der Waals surface area (Å²) in [6.07, 6.45) is 4.20.